The molecule has 0 bridgehead atoms. The van der Waals surface area contributed by atoms with Crippen molar-refractivity contribution in [1.82, 2.24) is 5.32 Å². The number of carbonyl (C=O) groups is 1. The zero-order valence-corrected chi connectivity index (χ0v) is 33.5. The van der Waals surface area contributed by atoms with E-state index in [-0.39, 0.29) is 0 Å². The molecule has 29 nitrogen and oxygen atoms in total. The zero-order valence-electron chi connectivity index (χ0n) is 32.7. The Kier molecular flexibility index (Phi) is 17.7. The molecular weight excluding hydrogens is 878 g/mol. The van der Waals surface area contributed by atoms with Gasteiger partial charge in [-0.1, -0.05) is 0 Å². The van der Waals surface area contributed by atoms with Crippen LogP contribution in [-0.2, 0) is 62.0 Å². The summed E-state index contributed by atoms with van der Waals surface area (Å²) in [6, 6.07) is -1.69. The van der Waals surface area contributed by atoms with Crippen LogP contribution in [0.5, 0.6) is 0 Å². The van der Waals surface area contributed by atoms with E-state index in [9.17, 15) is 89.3 Å². The van der Waals surface area contributed by atoms with Crippen molar-refractivity contribution in [3.8, 4) is 0 Å². The van der Waals surface area contributed by atoms with E-state index in [4.69, 9.17) is 42.6 Å². The highest BCUT2D eigenvalue weighted by Crippen LogP contribution is 2.38. The van der Waals surface area contributed by atoms with Gasteiger partial charge in [-0.2, -0.15) is 8.42 Å². The van der Waals surface area contributed by atoms with Crippen molar-refractivity contribution in [1.29, 1.82) is 0 Å². The molecule has 5 rings (SSSR count). The van der Waals surface area contributed by atoms with Crippen molar-refractivity contribution in [2.45, 2.75) is 167 Å². The Hall–Kier alpha value is -1.58. The summed E-state index contributed by atoms with van der Waals surface area (Å²) in [5, 5.41) is 151. The molecule has 0 spiro atoms. The van der Waals surface area contributed by atoms with Crippen molar-refractivity contribution >= 4 is 16.3 Å². The lowest BCUT2D eigenvalue weighted by molar-refractivity contribution is -0.415. The third kappa shape index (κ3) is 11.2. The molecule has 25 atom stereocenters. The highest BCUT2D eigenvalue weighted by Gasteiger charge is 2.59. The van der Waals surface area contributed by atoms with E-state index in [1.807, 2.05) is 0 Å². The fourth-order valence-electron chi connectivity index (χ4n) is 7.58. The van der Waals surface area contributed by atoms with E-state index >= 15 is 0 Å². The largest absolute Gasteiger partial charge is 0.397 e. The van der Waals surface area contributed by atoms with Gasteiger partial charge in [0.2, 0.25) is 5.91 Å². The lowest BCUT2D eigenvalue weighted by Gasteiger charge is -2.52. The predicted octanol–water partition coefficient (Wildman–Crippen LogP) is -10.9. The van der Waals surface area contributed by atoms with Crippen LogP contribution in [0.2, 0.25) is 0 Å². The fraction of sp³-hybridized carbons (Fsp3) is 0.969. The molecule has 5 fully saturated rings. The molecule has 0 saturated carbocycles. The van der Waals surface area contributed by atoms with E-state index in [2.05, 4.69) is 9.50 Å². The number of hydrogen-bond donors (Lipinski definition) is 16. The normalized spacial score (nSPS) is 49.3. The summed E-state index contributed by atoms with van der Waals surface area (Å²) < 4.78 is 89.3. The molecule has 16 N–H and O–H groups in total. The average Bonchev–Trinajstić information content (AvgIpc) is 3.22. The number of aliphatic hydroxyl groups excluding tert-OH is 14. The van der Waals surface area contributed by atoms with Crippen molar-refractivity contribution in [2.75, 3.05) is 26.4 Å². The first-order valence-corrected chi connectivity index (χ1v) is 20.5. The third-order valence-electron chi connectivity index (χ3n) is 10.9. The van der Waals surface area contributed by atoms with Crippen LogP contribution < -0.4 is 5.32 Å². The molecule has 5 saturated heterocycles. The number of nitrogens with one attached hydrogen (secondary N) is 1. The second-order valence-corrected chi connectivity index (χ2v) is 16.2. The molecule has 1 amide bonds. The van der Waals surface area contributed by atoms with Gasteiger partial charge < -0.3 is 119 Å². The van der Waals surface area contributed by atoms with Crippen LogP contribution in [0.1, 0.15) is 13.8 Å². The first-order valence-electron chi connectivity index (χ1n) is 19.1. The van der Waals surface area contributed by atoms with Crippen LogP contribution in [-0.4, -0.2) is 270 Å². The Balaban J connectivity index is 1.65. The summed E-state index contributed by atoms with van der Waals surface area (Å²) in [4.78, 5) is 12.2. The van der Waals surface area contributed by atoms with E-state index < -0.39 is 196 Å². The standard InChI is InChI=1S/C32H55NO28S/c1-7-14(39)18(43)20(45)29(52-7)60-27-26(59-30-21(46)19(44)15(40)9(3-34)54-30)23(57-31-22(47)25(61-62(49,50)51)17(42)11(5-36)55-31)12(6-37)56-32(27)58-24-13(33-8(2)38)28(48)53-10(4-35)16(24)41/h7,9-32,34-37,39-48H,3-6H2,1-2H3,(H,33,38)(H,49,50,51)/t7-,9+,10+,11+,12+,13+,14+,15-,16-,17-,18+,19-,20-,21+,22+,23-,24+,25-,26-,27+,28-,29-,30-,31-,32-/m0/s1. The molecule has 0 unspecified atom stereocenters. The number of carbonyl (C=O) groups excluding carboxylic acids is 1. The molecular formula is C32H55NO28S. The van der Waals surface area contributed by atoms with Crippen LogP contribution in [0.4, 0.5) is 0 Å². The molecule has 30 heteroatoms. The molecule has 362 valence electrons. The average molecular weight is 934 g/mol. The monoisotopic (exact) mass is 933 g/mol. The van der Waals surface area contributed by atoms with Gasteiger partial charge in [0, 0.05) is 6.92 Å². The number of ether oxygens (including phenoxy) is 9. The number of hydrogen-bond acceptors (Lipinski definition) is 27. The van der Waals surface area contributed by atoms with E-state index in [0.29, 0.717) is 0 Å². The van der Waals surface area contributed by atoms with Crippen molar-refractivity contribution in [2.24, 2.45) is 0 Å². The summed E-state index contributed by atoms with van der Waals surface area (Å²) in [6.07, 6.45) is -48.3. The maximum Gasteiger partial charge on any atom is 0.397 e. The van der Waals surface area contributed by atoms with Crippen molar-refractivity contribution < 1.29 is 136 Å². The lowest BCUT2D eigenvalue weighted by atomic mass is 9.94. The molecule has 0 aromatic carbocycles. The minimum atomic E-state index is -5.45. The number of rotatable bonds is 15. The Bertz CT molecular complexity index is 1550. The van der Waals surface area contributed by atoms with E-state index in [1.165, 1.54) is 6.92 Å². The van der Waals surface area contributed by atoms with Gasteiger partial charge in [-0.05, 0) is 6.92 Å². The Morgan fingerprint density at radius 1 is 0.500 bits per heavy atom. The van der Waals surface area contributed by atoms with Crippen LogP contribution in [0.25, 0.3) is 0 Å². The van der Waals surface area contributed by atoms with Gasteiger partial charge in [0.1, 0.15) is 116 Å². The van der Waals surface area contributed by atoms with Gasteiger partial charge >= 0.3 is 10.4 Å². The summed E-state index contributed by atoms with van der Waals surface area (Å²) in [6.45, 7) is -1.95. The smallest absolute Gasteiger partial charge is 0.394 e. The highest BCUT2D eigenvalue weighted by atomic mass is 32.3. The second kappa shape index (κ2) is 21.4. The summed E-state index contributed by atoms with van der Waals surface area (Å²) in [5.74, 6) is -0.808. The maximum absolute atomic E-state index is 12.2. The number of amides is 1. The fourth-order valence-corrected chi connectivity index (χ4v) is 8.09. The Morgan fingerprint density at radius 3 is 1.48 bits per heavy atom. The molecule has 0 aromatic heterocycles. The van der Waals surface area contributed by atoms with Gasteiger partial charge in [0.25, 0.3) is 0 Å². The third-order valence-corrected chi connectivity index (χ3v) is 11.4. The minimum absolute atomic E-state index is 0.808. The quantitative estimate of drug-likeness (QED) is 0.0678. The summed E-state index contributed by atoms with van der Waals surface area (Å²) in [7, 11) is -5.45. The molecule has 0 radical (unpaired) electrons. The van der Waals surface area contributed by atoms with Crippen molar-refractivity contribution in [3.05, 3.63) is 0 Å². The van der Waals surface area contributed by atoms with Crippen LogP contribution >= 0.6 is 0 Å². The number of aliphatic hydroxyl groups is 14. The lowest BCUT2D eigenvalue weighted by Crippen LogP contribution is -2.71. The SMILES string of the molecule is CC(=O)N[C@@H]1[C@@H](O[C@@H]2O[C@H](CO)[C@H](O[C@@H]3O[C@H](CO)[C@H](O)[C@H](OS(=O)(=O)O)[C@H]3O)[C@H](O[C@@H]3O[C@H](CO)[C@H](O)[C@H](O)[C@H]3O)[C@H]2O[C@@H]2O[C@@H](C)[C@@H](O)[C@@H](O)[C@@H]2O)[C@@H](O)[C@@H](CO)O[C@@H]1O. The minimum Gasteiger partial charge on any atom is -0.394 e. The molecule has 5 aliphatic rings. The van der Waals surface area contributed by atoms with Crippen LogP contribution in [0.15, 0.2) is 0 Å². The predicted molar refractivity (Wildman–Crippen MR) is 187 cm³/mol. The van der Waals surface area contributed by atoms with Crippen LogP contribution in [0, 0.1) is 0 Å². The van der Waals surface area contributed by atoms with Gasteiger partial charge in [0.15, 0.2) is 31.5 Å². The van der Waals surface area contributed by atoms with Gasteiger partial charge in [-0.3, -0.25) is 9.35 Å². The molecule has 5 aliphatic heterocycles. The van der Waals surface area contributed by atoms with Crippen molar-refractivity contribution in [3.63, 3.8) is 0 Å². The van der Waals surface area contributed by atoms with E-state index in [1.54, 1.807) is 0 Å². The second-order valence-electron chi connectivity index (χ2n) is 15.2. The van der Waals surface area contributed by atoms with Crippen LogP contribution in [0.3, 0.4) is 0 Å². The summed E-state index contributed by atoms with van der Waals surface area (Å²) >= 11 is 0. The maximum atomic E-state index is 12.2. The highest BCUT2D eigenvalue weighted by molar-refractivity contribution is 7.80. The topological polar surface area (TPSA) is 459 Å². The molecule has 0 aliphatic carbocycles. The first kappa shape index (κ1) is 51.4. The van der Waals surface area contributed by atoms with Gasteiger partial charge in [-0.15, -0.1) is 0 Å². The first-order chi connectivity index (χ1) is 29.1. The Morgan fingerprint density at radius 2 is 0.935 bits per heavy atom. The Labute approximate surface area is 351 Å². The van der Waals surface area contributed by atoms with Gasteiger partial charge in [0.05, 0.1) is 32.5 Å². The molecule has 62 heavy (non-hydrogen) atoms. The van der Waals surface area contributed by atoms with Gasteiger partial charge in [-0.25, -0.2) is 4.18 Å². The zero-order chi connectivity index (χ0) is 46.1. The molecule has 5 heterocycles. The summed E-state index contributed by atoms with van der Waals surface area (Å²) in [5.41, 5.74) is 0. The van der Waals surface area contributed by atoms with E-state index in [0.717, 1.165) is 6.92 Å². The molecule has 0 aromatic rings.